The molecule has 1 amide bonds. The highest BCUT2D eigenvalue weighted by Gasteiger charge is 2.35. The minimum atomic E-state index is -0.514. The molecule has 1 heterocycles. The zero-order chi connectivity index (χ0) is 18.5. The molecule has 1 saturated carbocycles. The number of thioether (sulfide) groups is 1. The quantitative estimate of drug-likeness (QED) is 0.578. The number of benzene rings is 1. The summed E-state index contributed by atoms with van der Waals surface area (Å²) >= 11 is 1.57. The molecule has 0 radical (unpaired) electrons. The molecule has 1 saturated heterocycles. The highest BCUT2D eigenvalue weighted by Crippen LogP contribution is 2.35. The van der Waals surface area contributed by atoms with Crippen LogP contribution in [-0.4, -0.2) is 49.3 Å². The summed E-state index contributed by atoms with van der Waals surface area (Å²) in [6, 6.07) is 5.68. The third-order valence-electron chi connectivity index (χ3n) is 5.52. The van der Waals surface area contributed by atoms with Crippen LogP contribution in [0.1, 0.15) is 48.9 Å². The van der Waals surface area contributed by atoms with E-state index in [1.807, 2.05) is 17.2 Å². The fourth-order valence-corrected chi connectivity index (χ4v) is 4.62. The summed E-state index contributed by atoms with van der Waals surface area (Å²) in [5.74, 6) is 0.505. The van der Waals surface area contributed by atoms with Gasteiger partial charge in [0, 0.05) is 17.5 Å². The van der Waals surface area contributed by atoms with Crippen LogP contribution in [-0.2, 0) is 9.53 Å². The maximum Gasteiger partial charge on any atom is 0.342 e. The molecule has 2 atom stereocenters. The molecule has 26 heavy (non-hydrogen) atoms. The Labute approximate surface area is 159 Å². The zero-order valence-corrected chi connectivity index (χ0v) is 16.3. The van der Waals surface area contributed by atoms with E-state index in [4.69, 9.17) is 9.47 Å². The molecule has 0 aromatic heterocycles. The molecule has 6 heteroatoms. The van der Waals surface area contributed by atoms with Crippen molar-refractivity contribution < 1.29 is 19.1 Å². The molecule has 3 rings (SSSR count). The van der Waals surface area contributed by atoms with Crippen LogP contribution in [0.5, 0.6) is 5.75 Å². The third kappa shape index (κ3) is 4.17. The largest absolute Gasteiger partial charge is 0.496 e. The van der Waals surface area contributed by atoms with Gasteiger partial charge in [-0.05, 0) is 56.1 Å². The highest BCUT2D eigenvalue weighted by atomic mass is 32.2. The Bertz CT molecular complexity index is 661. The van der Waals surface area contributed by atoms with Gasteiger partial charge in [0.1, 0.15) is 11.3 Å². The van der Waals surface area contributed by atoms with E-state index in [0.717, 1.165) is 24.3 Å². The Balaban J connectivity index is 1.61. The van der Waals surface area contributed by atoms with Crippen LogP contribution < -0.4 is 4.74 Å². The number of likely N-dealkylation sites (tertiary alicyclic amines) is 1. The molecule has 0 bridgehead atoms. The molecule has 5 nitrogen and oxygen atoms in total. The summed E-state index contributed by atoms with van der Waals surface area (Å²) in [6.07, 6.45) is 8.97. The molecule has 1 aromatic carbocycles. The van der Waals surface area contributed by atoms with Crippen LogP contribution in [0, 0.1) is 5.92 Å². The highest BCUT2D eigenvalue weighted by molar-refractivity contribution is 7.98. The van der Waals surface area contributed by atoms with E-state index < -0.39 is 5.97 Å². The van der Waals surface area contributed by atoms with Gasteiger partial charge in [-0.2, -0.15) is 0 Å². The second-order valence-electron chi connectivity index (χ2n) is 6.98. The number of nitrogens with zero attached hydrogens (tertiary/aromatic N) is 1. The van der Waals surface area contributed by atoms with Crippen LogP contribution in [0.2, 0.25) is 0 Å². The summed E-state index contributed by atoms with van der Waals surface area (Å²) in [6.45, 7) is 0.582. The first-order valence-electron chi connectivity index (χ1n) is 9.32. The molecular formula is C20H27NO4S. The maximum atomic E-state index is 12.7. The van der Waals surface area contributed by atoms with Crippen LogP contribution in [0.25, 0.3) is 0 Å². The number of ether oxygens (including phenoxy) is 2. The number of carbonyl (C=O) groups excluding carboxylic acids is 2. The molecule has 1 aliphatic heterocycles. The van der Waals surface area contributed by atoms with Crippen molar-refractivity contribution >= 4 is 23.6 Å². The summed E-state index contributed by atoms with van der Waals surface area (Å²) in [4.78, 5) is 28.0. The molecule has 2 fully saturated rings. The monoisotopic (exact) mass is 377 g/mol. The van der Waals surface area contributed by atoms with Gasteiger partial charge in [-0.25, -0.2) is 4.79 Å². The Morgan fingerprint density at radius 2 is 1.96 bits per heavy atom. The van der Waals surface area contributed by atoms with Gasteiger partial charge in [0.15, 0.2) is 6.61 Å². The van der Waals surface area contributed by atoms with E-state index in [2.05, 4.69) is 0 Å². The molecular weight excluding hydrogens is 350 g/mol. The lowest BCUT2D eigenvalue weighted by Gasteiger charge is -2.44. The van der Waals surface area contributed by atoms with Gasteiger partial charge in [-0.3, -0.25) is 4.79 Å². The number of amides is 1. The number of carbonyl (C=O) groups is 2. The average molecular weight is 378 g/mol. The number of hydrogen-bond acceptors (Lipinski definition) is 5. The molecule has 2 aliphatic rings. The first kappa shape index (κ1) is 19.1. The van der Waals surface area contributed by atoms with Crippen molar-refractivity contribution in [2.45, 2.75) is 49.5 Å². The lowest BCUT2D eigenvalue weighted by atomic mass is 9.78. The van der Waals surface area contributed by atoms with Crippen molar-refractivity contribution in [1.29, 1.82) is 0 Å². The average Bonchev–Trinajstić information content (AvgIpc) is 2.70. The minimum absolute atomic E-state index is 0.0744. The number of methoxy groups -OCH3 is 1. The first-order chi connectivity index (χ1) is 12.6. The van der Waals surface area contributed by atoms with Crippen molar-refractivity contribution in [2.75, 3.05) is 26.5 Å². The van der Waals surface area contributed by atoms with Gasteiger partial charge in [0.2, 0.25) is 0 Å². The van der Waals surface area contributed by atoms with Crippen LogP contribution in [0.3, 0.4) is 0 Å². The van der Waals surface area contributed by atoms with E-state index in [1.54, 1.807) is 23.9 Å². The fourth-order valence-electron chi connectivity index (χ4n) is 4.19. The predicted octanol–water partition coefficient (Wildman–Crippen LogP) is 3.76. The maximum absolute atomic E-state index is 12.7. The summed E-state index contributed by atoms with van der Waals surface area (Å²) in [5, 5.41) is 0. The molecule has 1 aliphatic carbocycles. The van der Waals surface area contributed by atoms with Crippen LogP contribution in [0.15, 0.2) is 23.1 Å². The molecule has 0 N–H and O–H groups in total. The van der Waals surface area contributed by atoms with E-state index in [9.17, 15) is 9.59 Å². The van der Waals surface area contributed by atoms with Crippen molar-refractivity contribution in [2.24, 2.45) is 5.92 Å². The normalized spacial score (nSPS) is 22.5. The molecule has 1 aromatic rings. The topological polar surface area (TPSA) is 55.8 Å². The van der Waals surface area contributed by atoms with Gasteiger partial charge in [0.05, 0.1) is 7.11 Å². The summed E-state index contributed by atoms with van der Waals surface area (Å²) < 4.78 is 10.6. The lowest BCUT2D eigenvalue weighted by molar-refractivity contribution is -0.140. The van der Waals surface area contributed by atoms with E-state index in [-0.39, 0.29) is 12.5 Å². The van der Waals surface area contributed by atoms with Crippen LogP contribution in [0.4, 0.5) is 0 Å². The van der Waals surface area contributed by atoms with Crippen molar-refractivity contribution in [3.63, 3.8) is 0 Å². The van der Waals surface area contributed by atoms with E-state index in [0.29, 0.717) is 23.3 Å². The third-order valence-corrected chi connectivity index (χ3v) is 6.24. The second kappa shape index (κ2) is 8.80. The van der Waals surface area contributed by atoms with Gasteiger partial charge in [0.25, 0.3) is 5.91 Å². The molecule has 0 unspecified atom stereocenters. The number of rotatable bonds is 5. The predicted molar refractivity (Wildman–Crippen MR) is 102 cm³/mol. The standard InChI is InChI=1S/C20H27NO4S/c1-24-18-12-15(26-2)9-10-16(18)20(23)25-13-19(22)21-11-5-7-14-6-3-4-8-17(14)21/h9-10,12,14,17H,3-8,11,13H2,1-2H3/t14-,17+/m1/s1. The van der Waals surface area contributed by atoms with Crippen LogP contribution >= 0.6 is 11.8 Å². The van der Waals surface area contributed by atoms with Crippen molar-refractivity contribution in [3.05, 3.63) is 23.8 Å². The van der Waals surface area contributed by atoms with Crippen molar-refractivity contribution in [3.8, 4) is 5.75 Å². The lowest BCUT2D eigenvalue weighted by Crippen LogP contribution is -2.50. The number of hydrogen-bond donors (Lipinski definition) is 0. The Morgan fingerprint density at radius 1 is 1.19 bits per heavy atom. The molecule has 0 spiro atoms. The van der Waals surface area contributed by atoms with Gasteiger partial charge in [-0.1, -0.05) is 12.8 Å². The second-order valence-corrected chi connectivity index (χ2v) is 7.86. The molecule has 142 valence electrons. The van der Waals surface area contributed by atoms with E-state index in [1.165, 1.54) is 32.8 Å². The van der Waals surface area contributed by atoms with Gasteiger partial charge < -0.3 is 14.4 Å². The smallest absolute Gasteiger partial charge is 0.342 e. The SMILES string of the molecule is COc1cc(SC)ccc1C(=O)OCC(=O)N1CCC[C@H]2CCCC[C@@H]21. The zero-order valence-electron chi connectivity index (χ0n) is 15.5. The first-order valence-corrected chi connectivity index (χ1v) is 10.5. The number of esters is 1. The summed E-state index contributed by atoms with van der Waals surface area (Å²) in [5.41, 5.74) is 0.354. The van der Waals surface area contributed by atoms with Gasteiger partial charge >= 0.3 is 5.97 Å². The Morgan fingerprint density at radius 3 is 2.73 bits per heavy atom. The number of fused-ring (bicyclic) bond motifs is 1. The summed E-state index contributed by atoms with van der Waals surface area (Å²) in [7, 11) is 1.53. The Hall–Kier alpha value is -1.69. The van der Waals surface area contributed by atoms with E-state index >= 15 is 0 Å². The van der Waals surface area contributed by atoms with Gasteiger partial charge in [-0.15, -0.1) is 11.8 Å². The minimum Gasteiger partial charge on any atom is -0.496 e. The fraction of sp³-hybridized carbons (Fsp3) is 0.600. The van der Waals surface area contributed by atoms with Crippen molar-refractivity contribution in [1.82, 2.24) is 4.90 Å². The Kier molecular flexibility index (Phi) is 6.46. The number of piperidine rings is 1.